The molecule has 2 heteroatoms. The van der Waals surface area contributed by atoms with Gasteiger partial charge in [-0.2, -0.15) is 0 Å². The highest BCUT2D eigenvalue weighted by Crippen LogP contribution is 2.26. The van der Waals surface area contributed by atoms with Crippen LogP contribution in [-0.4, -0.2) is 11.1 Å². The van der Waals surface area contributed by atoms with Crippen LogP contribution in [0.1, 0.15) is 23.6 Å². The van der Waals surface area contributed by atoms with E-state index in [1.165, 1.54) is 22.8 Å². The Morgan fingerprint density at radius 3 is 2.30 bits per heavy atom. The van der Waals surface area contributed by atoms with Crippen molar-refractivity contribution in [2.45, 2.75) is 20.8 Å². The van der Waals surface area contributed by atoms with Crippen LogP contribution in [0, 0.1) is 13.8 Å². The lowest BCUT2D eigenvalue weighted by molar-refractivity contribution is -0.131. The zero-order valence-corrected chi connectivity index (χ0v) is 12.0. The number of carbonyl (C=O) groups is 1. The summed E-state index contributed by atoms with van der Waals surface area (Å²) in [5, 5.41) is 8.77. The predicted octanol–water partition coefficient (Wildman–Crippen LogP) is 4.46. The lowest BCUT2D eigenvalue weighted by Gasteiger charge is -2.09. The first kappa shape index (κ1) is 14.1. The van der Waals surface area contributed by atoms with Crippen molar-refractivity contribution < 1.29 is 9.90 Å². The maximum absolute atomic E-state index is 10.7. The molecule has 0 heterocycles. The van der Waals surface area contributed by atoms with E-state index in [-0.39, 0.29) is 0 Å². The summed E-state index contributed by atoms with van der Waals surface area (Å²) in [7, 11) is 0. The molecule has 0 atom stereocenters. The normalized spacial score (nSPS) is 11.4. The smallest absolute Gasteiger partial charge is 0.328 e. The average Bonchev–Trinajstić information content (AvgIpc) is 2.41. The van der Waals surface area contributed by atoms with Crippen LogP contribution in [0.5, 0.6) is 0 Å². The van der Waals surface area contributed by atoms with Crippen molar-refractivity contribution in [2.24, 2.45) is 0 Å². The molecule has 2 aromatic rings. The number of benzene rings is 2. The average molecular weight is 266 g/mol. The largest absolute Gasteiger partial charge is 0.478 e. The van der Waals surface area contributed by atoms with Gasteiger partial charge >= 0.3 is 5.97 Å². The Morgan fingerprint density at radius 1 is 1.05 bits per heavy atom. The number of aliphatic carboxylic acids is 1. The molecule has 0 amide bonds. The topological polar surface area (TPSA) is 37.3 Å². The molecule has 0 unspecified atom stereocenters. The summed E-state index contributed by atoms with van der Waals surface area (Å²) in [5.74, 6) is -0.916. The Labute approximate surface area is 119 Å². The van der Waals surface area contributed by atoms with Crippen molar-refractivity contribution in [1.82, 2.24) is 0 Å². The van der Waals surface area contributed by atoms with Crippen LogP contribution >= 0.6 is 0 Å². The van der Waals surface area contributed by atoms with Gasteiger partial charge in [0.1, 0.15) is 0 Å². The molecule has 0 spiro atoms. The van der Waals surface area contributed by atoms with E-state index < -0.39 is 5.97 Å². The highest BCUT2D eigenvalue weighted by atomic mass is 16.4. The van der Waals surface area contributed by atoms with E-state index in [1.807, 2.05) is 24.3 Å². The second-order valence-corrected chi connectivity index (χ2v) is 4.99. The highest BCUT2D eigenvalue weighted by molar-refractivity contribution is 5.89. The van der Waals surface area contributed by atoms with Crippen molar-refractivity contribution in [1.29, 1.82) is 0 Å². The van der Waals surface area contributed by atoms with E-state index in [1.54, 1.807) is 6.92 Å². The van der Waals surface area contributed by atoms with Gasteiger partial charge in [-0.1, -0.05) is 42.5 Å². The van der Waals surface area contributed by atoms with Crippen LogP contribution in [0.4, 0.5) is 0 Å². The molecule has 1 N–H and O–H groups in total. The Bertz CT molecular complexity index is 664. The van der Waals surface area contributed by atoms with Gasteiger partial charge in [0, 0.05) is 6.08 Å². The minimum Gasteiger partial charge on any atom is -0.478 e. The highest BCUT2D eigenvalue weighted by Gasteiger charge is 2.04. The summed E-state index contributed by atoms with van der Waals surface area (Å²) >= 11 is 0. The van der Waals surface area contributed by atoms with Gasteiger partial charge in [0.2, 0.25) is 0 Å². The van der Waals surface area contributed by atoms with Gasteiger partial charge < -0.3 is 5.11 Å². The van der Waals surface area contributed by atoms with Gasteiger partial charge in [0.25, 0.3) is 0 Å². The van der Waals surface area contributed by atoms with Crippen LogP contribution in [0.25, 0.3) is 16.7 Å². The zero-order valence-electron chi connectivity index (χ0n) is 12.0. The minimum atomic E-state index is -0.916. The third-order valence-electron chi connectivity index (χ3n) is 3.60. The SMILES string of the molecule is C/C(=C\C(=O)O)c1ccc(-c2cccc(C)c2C)cc1. The van der Waals surface area contributed by atoms with Crippen LogP contribution in [-0.2, 0) is 4.79 Å². The van der Waals surface area contributed by atoms with Crippen LogP contribution in [0.15, 0.2) is 48.5 Å². The molecule has 2 nitrogen and oxygen atoms in total. The number of rotatable bonds is 3. The van der Waals surface area contributed by atoms with E-state index in [2.05, 4.69) is 32.0 Å². The third kappa shape index (κ3) is 2.97. The van der Waals surface area contributed by atoms with Crippen molar-refractivity contribution in [3.8, 4) is 11.1 Å². The quantitative estimate of drug-likeness (QED) is 0.833. The predicted molar refractivity (Wildman–Crippen MR) is 82.6 cm³/mol. The fourth-order valence-electron chi connectivity index (χ4n) is 2.25. The number of allylic oxidation sites excluding steroid dienone is 1. The van der Waals surface area contributed by atoms with Gasteiger partial charge in [0.15, 0.2) is 0 Å². The molecule has 0 aromatic heterocycles. The Kier molecular flexibility index (Phi) is 4.04. The molecule has 0 saturated heterocycles. The van der Waals surface area contributed by atoms with Crippen LogP contribution < -0.4 is 0 Å². The lowest BCUT2D eigenvalue weighted by Crippen LogP contribution is -1.91. The zero-order chi connectivity index (χ0) is 14.7. The van der Waals surface area contributed by atoms with Gasteiger partial charge in [-0.3, -0.25) is 0 Å². The molecule has 0 aliphatic carbocycles. The van der Waals surface area contributed by atoms with E-state index >= 15 is 0 Å². The molecule has 0 fully saturated rings. The molecule has 0 aliphatic heterocycles. The van der Waals surface area contributed by atoms with Crippen LogP contribution in [0.2, 0.25) is 0 Å². The van der Waals surface area contributed by atoms with E-state index in [4.69, 9.17) is 5.11 Å². The molecular formula is C18H18O2. The lowest BCUT2D eigenvalue weighted by atomic mass is 9.95. The second-order valence-electron chi connectivity index (χ2n) is 4.99. The Hall–Kier alpha value is -2.35. The van der Waals surface area contributed by atoms with E-state index in [0.717, 1.165) is 16.7 Å². The van der Waals surface area contributed by atoms with Crippen molar-refractivity contribution >= 4 is 11.5 Å². The van der Waals surface area contributed by atoms with Crippen molar-refractivity contribution in [2.75, 3.05) is 0 Å². The summed E-state index contributed by atoms with van der Waals surface area (Å²) in [5.41, 5.74) is 6.60. The molecule has 0 saturated carbocycles. The summed E-state index contributed by atoms with van der Waals surface area (Å²) < 4.78 is 0. The minimum absolute atomic E-state index is 0.755. The molecular weight excluding hydrogens is 248 g/mol. The molecule has 2 aromatic carbocycles. The summed E-state index contributed by atoms with van der Waals surface area (Å²) in [6.07, 6.45) is 1.23. The fraction of sp³-hybridized carbons (Fsp3) is 0.167. The van der Waals surface area contributed by atoms with E-state index in [9.17, 15) is 4.79 Å². The second kappa shape index (κ2) is 5.74. The fourth-order valence-corrected chi connectivity index (χ4v) is 2.25. The molecule has 0 bridgehead atoms. The molecule has 0 aliphatic rings. The maximum atomic E-state index is 10.7. The summed E-state index contributed by atoms with van der Waals surface area (Å²) in [4.78, 5) is 10.7. The van der Waals surface area contributed by atoms with E-state index in [0.29, 0.717) is 0 Å². The van der Waals surface area contributed by atoms with Crippen LogP contribution in [0.3, 0.4) is 0 Å². The first-order valence-electron chi connectivity index (χ1n) is 6.57. The molecule has 102 valence electrons. The summed E-state index contributed by atoms with van der Waals surface area (Å²) in [6, 6.07) is 14.3. The van der Waals surface area contributed by atoms with Gasteiger partial charge in [-0.25, -0.2) is 4.79 Å². The molecule has 0 radical (unpaired) electrons. The number of aryl methyl sites for hydroxylation is 1. The monoisotopic (exact) mass is 266 g/mol. The molecule has 20 heavy (non-hydrogen) atoms. The van der Waals surface area contributed by atoms with Gasteiger partial charge in [-0.15, -0.1) is 0 Å². The number of hydrogen-bond acceptors (Lipinski definition) is 1. The first-order valence-corrected chi connectivity index (χ1v) is 6.57. The number of carboxylic acids is 1. The Morgan fingerprint density at radius 2 is 1.70 bits per heavy atom. The van der Waals surface area contributed by atoms with Gasteiger partial charge in [-0.05, 0) is 54.2 Å². The third-order valence-corrected chi connectivity index (χ3v) is 3.60. The first-order chi connectivity index (χ1) is 9.49. The van der Waals surface area contributed by atoms with Crippen molar-refractivity contribution in [3.63, 3.8) is 0 Å². The summed E-state index contributed by atoms with van der Waals surface area (Å²) in [6.45, 7) is 6.03. The number of carboxylic acid groups (broad SMARTS) is 1. The molecule has 2 rings (SSSR count). The van der Waals surface area contributed by atoms with Crippen molar-refractivity contribution in [3.05, 3.63) is 65.2 Å². The number of hydrogen-bond donors (Lipinski definition) is 1. The maximum Gasteiger partial charge on any atom is 0.328 e. The standard InChI is InChI=1S/C18H18O2/c1-12-5-4-6-17(14(12)3)16-9-7-15(8-10-16)13(2)11-18(19)20/h4-11H,1-3H3,(H,19,20)/b13-11+. The van der Waals surface area contributed by atoms with Gasteiger partial charge in [0.05, 0.1) is 0 Å². The Balaban J connectivity index is 2.38.